The van der Waals surface area contributed by atoms with E-state index < -0.39 is 0 Å². The van der Waals surface area contributed by atoms with Crippen LogP contribution >= 0.6 is 0 Å². The van der Waals surface area contributed by atoms with Crippen molar-refractivity contribution < 1.29 is 9.53 Å². The Hall–Kier alpha value is -2.41. The van der Waals surface area contributed by atoms with Crippen molar-refractivity contribution in [3.63, 3.8) is 0 Å². The van der Waals surface area contributed by atoms with Crippen molar-refractivity contribution in [3.8, 4) is 0 Å². The van der Waals surface area contributed by atoms with E-state index in [2.05, 4.69) is 26.8 Å². The first-order valence-corrected chi connectivity index (χ1v) is 8.77. The molecule has 2 N–H and O–H groups in total. The number of carbonyl (C=O) groups is 1. The SMILES string of the molecule is CCOCc1cccc(CNC(=O)N[C@@H]2CCCn3nc(C)nc32)c1. The summed E-state index contributed by atoms with van der Waals surface area (Å²) in [7, 11) is 0. The number of nitrogens with zero attached hydrogens (tertiary/aromatic N) is 3. The van der Waals surface area contributed by atoms with E-state index in [0.29, 0.717) is 19.8 Å². The number of ether oxygens (including phenoxy) is 1. The van der Waals surface area contributed by atoms with Gasteiger partial charge in [-0.1, -0.05) is 24.3 Å². The minimum atomic E-state index is -0.186. The van der Waals surface area contributed by atoms with E-state index in [1.54, 1.807) is 0 Å². The van der Waals surface area contributed by atoms with Gasteiger partial charge in [-0.15, -0.1) is 0 Å². The standard InChI is InChI=1S/C18H25N5O2/c1-3-25-12-15-7-4-6-14(10-15)11-19-18(24)21-16-8-5-9-23-17(16)20-13(2)22-23/h4,6-7,10,16H,3,5,8-9,11-12H2,1-2H3,(H2,19,21,24)/t16-/m1/s1. The van der Waals surface area contributed by atoms with Crippen LogP contribution < -0.4 is 10.6 Å². The van der Waals surface area contributed by atoms with E-state index >= 15 is 0 Å². The van der Waals surface area contributed by atoms with Crippen molar-refractivity contribution in [2.45, 2.75) is 52.4 Å². The van der Waals surface area contributed by atoms with E-state index in [4.69, 9.17) is 4.74 Å². The molecule has 2 heterocycles. The Balaban J connectivity index is 1.53. The first kappa shape index (κ1) is 17.4. The molecule has 0 radical (unpaired) electrons. The first-order valence-electron chi connectivity index (χ1n) is 8.77. The lowest BCUT2D eigenvalue weighted by Gasteiger charge is -2.23. The highest BCUT2D eigenvalue weighted by molar-refractivity contribution is 5.74. The van der Waals surface area contributed by atoms with Gasteiger partial charge in [0.25, 0.3) is 0 Å². The van der Waals surface area contributed by atoms with Crippen LogP contribution in [0.25, 0.3) is 0 Å². The molecule has 0 spiro atoms. The quantitative estimate of drug-likeness (QED) is 0.844. The van der Waals surface area contributed by atoms with Gasteiger partial charge in [0, 0.05) is 19.7 Å². The number of rotatable bonds is 6. The topological polar surface area (TPSA) is 81.1 Å². The largest absolute Gasteiger partial charge is 0.377 e. The van der Waals surface area contributed by atoms with Crippen LogP contribution in [-0.4, -0.2) is 27.4 Å². The normalized spacial score (nSPS) is 16.3. The van der Waals surface area contributed by atoms with Crippen LogP contribution in [0.1, 0.15) is 48.6 Å². The van der Waals surface area contributed by atoms with Gasteiger partial charge >= 0.3 is 6.03 Å². The van der Waals surface area contributed by atoms with Gasteiger partial charge in [-0.3, -0.25) is 0 Å². The predicted octanol–water partition coefficient (Wildman–Crippen LogP) is 2.46. The lowest BCUT2D eigenvalue weighted by Crippen LogP contribution is -2.39. The molecule has 25 heavy (non-hydrogen) atoms. The number of urea groups is 1. The minimum Gasteiger partial charge on any atom is -0.377 e. The molecule has 1 atom stereocenters. The third-order valence-corrected chi connectivity index (χ3v) is 4.20. The van der Waals surface area contributed by atoms with E-state index in [9.17, 15) is 4.79 Å². The molecule has 7 heteroatoms. The maximum Gasteiger partial charge on any atom is 0.315 e. The second kappa shape index (κ2) is 8.11. The van der Waals surface area contributed by atoms with Gasteiger partial charge in [0.15, 0.2) is 0 Å². The maximum atomic E-state index is 12.3. The number of hydrogen-bond donors (Lipinski definition) is 2. The van der Waals surface area contributed by atoms with E-state index in [-0.39, 0.29) is 12.1 Å². The van der Waals surface area contributed by atoms with Crippen molar-refractivity contribution in [1.82, 2.24) is 25.4 Å². The number of nitrogens with one attached hydrogen (secondary N) is 2. The van der Waals surface area contributed by atoms with Gasteiger partial charge in [0.1, 0.15) is 11.6 Å². The van der Waals surface area contributed by atoms with Crippen LogP contribution in [-0.2, 0) is 24.4 Å². The molecule has 1 aliphatic heterocycles. The van der Waals surface area contributed by atoms with Crippen molar-refractivity contribution in [1.29, 1.82) is 0 Å². The Morgan fingerprint density at radius 2 is 2.24 bits per heavy atom. The monoisotopic (exact) mass is 343 g/mol. The zero-order chi connectivity index (χ0) is 17.6. The summed E-state index contributed by atoms with van der Waals surface area (Å²) < 4.78 is 7.31. The van der Waals surface area contributed by atoms with Gasteiger partial charge in [-0.05, 0) is 37.8 Å². The summed E-state index contributed by atoms with van der Waals surface area (Å²) >= 11 is 0. The van der Waals surface area contributed by atoms with Crippen LogP contribution in [0.4, 0.5) is 4.79 Å². The first-order chi connectivity index (χ1) is 12.2. The van der Waals surface area contributed by atoms with Crippen LogP contribution in [0.2, 0.25) is 0 Å². The van der Waals surface area contributed by atoms with Gasteiger partial charge in [0.05, 0.1) is 12.6 Å². The third kappa shape index (κ3) is 4.57. The highest BCUT2D eigenvalue weighted by Crippen LogP contribution is 2.22. The Bertz CT molecular complexity index is 728. The summed E-state index contributed by atoms with van der Waals surface area (Å²) in [5.41, 5.74) is 2.16. The zero-order valence-corrected chi connectivity index (χ0v) is 14.8. The molecule has 0 unspecified atom stereocenters. The summed E-state index contributed by atoms with van der Waals surface area (Å²) in [5.74, 6) is 1.59. The summed E-state index contributed by atoms with van der Waals surface area (Å²) in [6, 6.07) is 7.78. The molecule has 1 aliphatic rings. The summed E-state index contributed by atoms with van der Waals surface area (Å²) in [5, 5.41) is 10.3. The highest BCUT2D eigenvalue weighted by atomic mass is 16.5. The molecule has 0 saturated heterocycles. The van der Waals surface area contributed by atoms with Gasteiger partial charge in [-0.25, -0.2) is 14.5 Å². The predicted molar refractivity (Wildman–Crippen MR) is 93.9 cm³/mol. The van der Waals surface area contributed by atoms with Gasteiger partial charge in [-0.2, -0.15) is 5.10 Å². The number of aryl methyl sites for hydroxylation is 2. The summed E-state index contributed by atoms with van der Waals surface area (Å²) in [6.07, 6.45) is 1.87. The molecule has 0 bridgehead atoms. The Labute approximate surface area is 147 Å². The van der Waals surface area contributed by atoms with Crippen LogP contribution in [0.15, 0.2) is 24.3 Å². The number of fused-ring (bicyclic) bond motifs is 1. The van der Waals surface area contributed by atoms with Crippen molar-refractivity contribution in [2.24, 2.45) is 0 Å². The molecule has 3 rings (SSSR count). The molecule has 1 aromatic carbocycles. The molecule has 134 valence electrons. The van der Waals surface area contributed by atoms with Crippen LogP contribution in [0.3, 0.4) is 0 Å². The second-order valence-corrected chi connectivity index (χ2v) is 6.22. The molecule has 0 aliphatic carbocycles. The van der Waals surface area contributed by atoms with E-state index in [1.165, 1.54) is 0 Å². The number of aromatic nitrogens is 3. The summed E-state index contributed by atoms with van der Waals surface area (Å²) in [4.78, 5) is 16.7. The Morgan fingerprint density at radius 3 is 3.08 bits per heavy atom. The molecule has 0 saturated carbocycles. The highest BCUT2D eigenvalue weighted by Gasteiger charge is 2.24. The third-order valence-electron chi connectivity index (χ3n) is 4.20. The Kier molecular flexibility index (Phi) is 5.65. The molecule has 7 nitrogen and oxygen atoms in total. The number of amides is 2. The molecule has 2 aromatic rings. The maximum absolute atomic E-state index is 12.3. The fourth-order valence-electron chi connectivity index (χ4n) is 3.05. The molecular formula is C18H25N5O2. The molecule has 2 amide bonds. The number of benzene rings is 1. The minimum absolute atomic E-state index is 0.0840. The molecule has 1 aromatic heterocycles. The lowest BCUT2D eigenvalue weighted by molar-refractivity contribution is 0.134. The Morgan fingerprint density at radius 1 is 1.40 bits per heavy atom. The van der Waals surface area contributed by atoms with Crippen molar-refractivity contribution in [2.75, 3.05) is 6.61 Å². The van der Waals surface area contributed by atoms with Crippen LogP contribution in [0, 0.1) is 6.92 Å². The van der Waals surface area contributed by atoms with E-state index in [1.807, 2.05) is 36.7 Å². The fourth-order valence-corrected chi connectivity index (χ4v) is 3.05. The second-order valence-electron chi connectivity index (χ2n) is 6.22. The number of hydrogen-bond acceptors (Lipinski definition) is 4. The van der Waals surface area contributed by atoms with Crippen LogP contribution in [0.5, 0.6) is 0 Å². The average Bonchev–Trinajstić information content (AvgIpc) is 3.00. The molecular weight excluding hydrogens is 318 g/mol. The zero-order valence-electron chi connectivity index (χ0n) is 14.8. The van der Waals surface area contributed by atoms with Gasteiger partial charge in [0.2, 0.25) is 0 Å². The summed E-state index contributed by atoms with van der Waals surface area (Å²) in [6.45, 7) is 6.47. The van der Waals surface area contributed by atoms with Crippen molar-refractivity contribution in [3.05, 3.63) is 47.0 Å². The van der Waals surface area contributed by atoms with E-state index in [0.717, 1.165) is 42.2 Å². The fraction of sp³-hybridized carbons (Fsp3) is 0.500. The smallest absolute Gasteiger partial charge is 0.315 e. The van der Waals surface area contributed by atoms with Gasteiger partial charge < -0.3 is 15.4 Å². The molecule has 0 fully saturated rings. The lowest BCUT2D eigenvalue weighted by atomic mass is 10.1. The van der Waals surface area contributed by atoms with Crippen molar-refractivity contribution >= 4 is 6.03 Å². The average molecular weight is 343 g/mol. The number of carbonyl (C=O) groups excluding carboxylic acids is 1.